The van der Waals surface area contributed by atoms with Gasteiger partial charge in [0.2, 0.25) is 5.12 Å². The normalized spacial score (nSPS) is 10.3. The van der Waals surface area contributed by atoms with E-state index >= 15 is 0 Å². The summed E-state index contributed by atoms with van der Waals surface area (Å²) in [6.45, 7) is 6.38. The van der Waals surface area contributed by atoms with Crippen LogP contribution >= 0.6 is 11.8 Å². The van der Waals surface area contributed by atoms with Gasteiger partial charge in [-0.2, -0.15) is 0 Å². The van der Waals surface area contributed by atoms with E-state index in [9.17, 15) is 4.79 Å². The molecule has 0 aromatic rings. The average Bonchev–Trinajstić information content (AvgIpc) is 1.97. The maximum absolute atomic E-state index is 11.0. The summed E-state index contributed by atoms with van der Waals surface area (Å²) in [6, 6.07) is 0. The fourth-order valence-corrected chi connectivity index (χ4v) is 1.37. The molecule has 0 fully saturated rings. The molecule has 0 spiro atoms. The summed E-state index contributed by atoms with van der Waals surface area (Å²) in [6.07, 6.45) is 1.05. The highest BCUT2D eigenvalue weighted by Gasteiger charge is 2.01. The molecule has 0 aliphatic heterocycles. The lowest BCUT2D eigenvalue weighted by molar-refractivity contribution is -0.107. The molecule has 0 aliphatic carbocycles. The topological polar surface area (TPSA) is 20.3 Å². The standard InChI is InChI=1S/C9H17NOS/c1-8(2)9(11)12-7-5-6-10(3)4/h1,5-7H2,2-4H3. The van der Waals surface area contributed by atoms with Gasteiger partial charge in [0.25, 0.3) is 0 Å². The first-order chi connectivity index (χ1) is 5.54. The number of hydrogen-bond donors (Lipinski definition) is 0. The van der Waals surface area contributed by atoms with E-state index in [2.05, 4.69) is 11.5 Å². The second-order valence-electron chi connectivity index (χ2n) is 3.07. The van der Waals surface area contributed by atoms with Crippen molar-refractivity contribution in [2.75, 3.05) is 26.4 Å². The van der Waals surface area contributed by atoms with E-state index in [-0.39, 0.29) is 5.12 Å². The second kappa shape index (κ2) is 6.26. The SMILES string of the molecule is C=C(C)C(=O)SCCCN(C)C. The molecule has 0 rings (SSSR count). The average molecular weight is 187 g/mol. The summed E-state index contributed by atoms with van der Waals surface area (Å²) in [5.41, 5.74) is 0.643. The van der Waals surface area contributed by atoms with Gasteiger partial charge >= 0.3 is 0 Å². The van der Waals surface area contributed by atoms with Gasteiger partial charge in [-0.15, -0.1) is 0 Å². The zero-order valence-corrected chi connectivity index (χ0v) is 8.91. The third-order valence-corrected chi connectivity index (χ3v) is 2.43. The smallest absolute Gasteiger partial charge is 0.214 e. The molecule has 0 saturated carbocycles. The van der Waals surface area contributed by atoms with Crippen LogP contribution in [0.3, 0.4) is 0 Å². The molecule has 0 amide bonds. The fourth-order valence-electron chi connectivity index (χ4n) is 0.669. The summed E-state index contributed by atoms with van der Waals surface area (Å²) in [4.78, 5) is 13.2. The zero-order chi connectivity index (χ0) is 9.56. The third-order valence-electron chi connectivity index (χ3n) is 1.33. The van der Waals surface area contributed by atoms with Gasteiger partial charge < -0.3 is 4.90 Å². The number of thioether (sulfide) groups is 1. The lowest BCUT2D eigenvalue weighted by atomic mass is 10.4. The van der Waals surface area contributed by atoms with Crippen molar-refractivity contribution in [3.63, 3.8) is 0 Å². The molecule has 0 aromatic heterocycles. The van der Waals surface area contributed by atoms with Gasteiger partial charge in [0, 0.05) is 5.75 Å². The molecular formula is C9H17NOS. The highest BCUT2D eigenvalue weighted by Crippen LogP contribution is 2.09. The van der Waals surface area contributed by atoms with Gasteiger partial charge in [-0.1, -0.05) is 18.3 Å². The minimum Gasteiger partial charge on any atom is -0.309 e. The van der Waals surface area contributed by atoms with Crippen molar-refractivity contribution in [2.45, 2.75) is 13.3 Å². The lowest BCUT2D eigenvalue weighted by Crippen LogP contribution is -2.13. The van der Waals surface area contributed by atoms with Crippen molar-refractivity contribution in [3.8, 4) is 0 Å². The highest BCUT2D eigenvalue weighted by atomic mass is 32.2. The summed E-state index contributed by atoms with van der Waals surface area (Å²) in [5, 5.41) is 0.119. The number of hydrogen-bond acceptors (Lipinski definition) is 3. The van der Waals surface area contributed by atoms with Crippen molar-refractivity contribution in [3.05, 3.63) is 12.2 Å². The molecule has 70 valence electrons. The zero-order valence-electron chi connectivity index (χ0n) is 8.09. The molecule has 12 heavy (non-hydrogen) atoms. The van der Waals surface area contributed by atoms with Crippen molar-refractivity contribution in [1.29, 1.82) is 0 Å². The first-order valence-corrected chi connectivity index (χ1v) is 5.00. The summed E-state index contributed by atoms with van der Waals surface area (Å²) in [7, 11) is 4.07. The van der Waals surface area contributed by atoms with Crippen LogP contribution in [0.1, 0.15) is 13.3 Å². The van der Waals surface area contributed by atoms with E-state index in [1.54, 1.807) is 6.92 Å². The fraction of sp³-hybridized carbons (Fsp3) is 0.667. The number of carbonyl (C=O) groups is 1. The predicted octanol–water partition coefficient (Wildman–Crippen LogP) is 1.77. The predicted molar refractivity (Wildman–Crippen MR) is 55.5 cm³/mol. The van der Waals surface area contributed by atoms with Crippen molar-refractivity contribution in [2.24, 2.45) is 0 Å². The van der Waals surface area contributed by atoms with Crippen LogP contribution in [0.2, 0.25) is 0 Å². The molecule has 0 N–H and O–H groups in total. The molecule has 0 heterocycles. The molecule has 0 aromatic carbocycles. The maximum atomic E-state index is 11.0. The summed E-state index contributed by atoms with van der Waals surface area (Å²) < 4.78 is 0. The Morgan fingerprint density at radius 2 is 2.08 bits per heavy atom. The Morgan fingerprint density at radius 3 is 2.50 bits per heavy atom. The van der Waals surface area contributed by atoms with Gasteiger partial charge in [0.1, 0.15) is 0 Å². The Kier molecular flexibility index (Phi) is 6.11. The Labute approximate surface area is 79.0 Å². The van der Waals surface area contributed by atoms with Crippen LogP contribution in [0.5, 0.6) is 0 Å². The van der Waals surface area contributed by atoms with Crippen LogP contribution in [0.15, 0.2) is 12.2 Å². The molecule has 0 bridgehead atoms. The second-order valence-corrected chi connectivity index (χ2v) is 4.14. The minimum atomic E-state index is 0.119. The van der Waals surface area contributed by atoms with Gasteiger partial charge in [-0.3, -0.25) is 4.79 Å². The van der Waals surface area contributed by atoms with Crippen LogP contribution in [0.4, 0.5) is 0 Å². The molecule has 0 aliphatic rings. The van der Waals surface area contributed by atoms with Crippen molar-refractivity contribution < 1.29 is 4.79 Å². The minimum absolute atomic E-state index is 0.119. The van der Waals surface area contributed by atoms with E-state index in [4.69, 9.17) is 0 Å². The first kappa shape index (κ1) is 11.7. The van der Waals surface area contributed by atoms with Gasteiger partial charge in [-0.25, -0.2) is 0 Å². The molecule has 0 radical (unpaired) electrons. The Hall–Kier alpha value is -0.280. The van der Waals surface area contributed by atoms with Crippen molar-refractivity contribution >= 4 is 16.9 Å². The number of nitrogens with zero attached hydrogens (tertiary/aromatic N) is 1. The van der Waals surface area contributed by atoms with Crippen LogP contribution in [-0.2, 0) is 4.79 Å². The third kappa shape index (κ3) is 6.43. The molecule has 0 saturated heterocycles. The van der Waals surface area contributed by atoms with Gasteiger partial charge in [0.15, 0.2) is 0 Å². The first-order valence-electron chi connectivity index (χ1n) is 4.01. The van der Waals surface area contributed by atoms with Crippen molar-refractivity contribution in [1.82, 2.24) is 4.90 Å². The van der Waals surface area contributed by atoms with E-state index in [0.717, 1.165) is 18.7 Å². The van der Waals surface area contributed by atoms with E-state index in [0.29, 0.717) is 5.57 Å². The summed E-state index contributed by atoms with van der Waals surface area (Å²) in [5.74, 6) is 0.893. The van der Waals surface area contributed by atoms with Gasteiger partial charge in [-0.05, 0) is 39.6 Å². The van der Waals surface area contributed by atoms with E-state index in [1.807, 2.05) is 14.1 Å². The highest BCUT2D eigenvalue weighted by molar-refractivity contribution is 8.14. The number of carbonyl (C=O) groups excluding carboxylic acids is 1. The quantitative estimate of drug-likeness (QED) is 0.483. The van der Waals surface area contributed by atoms with E-state index in [1.165, 1.54) is 11.8 Å². The van der Waals surface area contributed by atoms with Crippen LogP contribution in [0.25, 0.3) is 0 Å². The lowest BCUT2D eigenvalue weighted by Gasteiger charge is -2.07. The molecule has 3 heteroatoms. The van der Waals surface area contributed by atoms with Crippen LogP contribution in [-0.4, -0.2) is 36.4 Å². The largest absolute Gasteiger partial charge is 0.309 e. The molecule has 0 atom stereocenters. The maximum Gasteiger partial charge on any atom is 0.214 e. The monoisotopic (exact) mass is 187 g/mol. The Morgan fingerprint density at radius 1 is 1.50 bits per heavy atom. The molecular weight excluding hydrogens is 170 g/mol. The van der Waals surface area contributed by atoms with Crippen LogP contribution in [0, 0.1) is 0 Å². The Balaban J connectivity index is 3.32. The molecule has 0 unspecified atom stereocenters. The Bertz CT molecular complexity index is 166. The summed E-state index contributed by atoms with van der Waals surface area (Å²) >= 11 is 1.36. The molecule has 2 nitrogen and oxygen atoms in total. The van der Waals surface area contributed by atoms with E-state index < -0.39 is 0 Å². The van der Waals surface area contributed by atoms with Crippen LogP contribution < -0.4 is 0 Å². The van der Waals surface area contributed by atoms with Gasteiger partial charge in [0.05, 0.1) is 0 Å². The number of rotatable bonds is 5.